The van der Waals surface area contributed by atoms with Crippen molar-refractivity contribution in [1.82, 2.24) is 10.3 Å². The molecular formula is C14H15FN2. The number of benzene rings is 1. The zero-order valence-electron chi connectivity index (χ0n) is 9.73. The molecule has 1 heterocycles. The van der Waals surface area contributed by atoms with Crippen LogP contribution in [0, 0.1) is 5.82 Å². The van der Waals surface area contributed by atoms with Crippen LogP contribution in [-0.4, -0.2) is 4.98 Å². The van der Waals surface area contributed by atoms with Crippen molar-refractivity contribution in [2.45, 2.75) is 19.5 Å². The Hall–Kier alpha value is -1.74. The largest absolute Gasteiger partial charge is 0.306 e. The summed E-state index contributed by atoms with van der Waals surface area (Å²) in [5.74, 6) is -0.197. The van der Waals surface area contributed by atoms with Gasteiger partial charge in [-0.15, -0.1) is 0 Å². The molecule has 1 aromatic heterocycles. The minimum absolute atomic E-state index is 0.117. The Morgan fingerprint density at radius 2 is 2.18 bits per heavy atom. The molecule has 1 N–H and O–H groups in total. The van der Waals surface area contributed by atoms with Gasteiger partial charge in [0.1, 0.15) is 5.82 Å². The molecule has 0 fully saturated rings. The van der Waals surface area contributed by atoms with E-state index in [-0.39, 0.29) is 11.9 Å². The molecule has 88 valence electrons. The fourth-order valence-electron chi connectivity index (χ4n) is 1.67. The molecule has 0 aliphatic carbocycles. The summed E-state index contributed by atoms with van der Waals surface area (Å²) in [6.07, 6.45) is 3.57. The first kappa shape index (κ1) is 11.7. The van der Waals surface area contributed by atoms with Gasteiger partial charge in [-0.1, -0.05) is 18.2 Å². The molecule has 1 aromatic carbocycles. The van der Waals surface area contributed by atoms with Crippen molar-refractivity contribution in [3.63, 3.8) is 0 Å². The molecule has 0 amide bonds. The van der Waals surface area contributed by atoms with E-state index >= 15 is 0 Å². The van der Waals surface area contributed by atoms with Gasteiger partial charge in [-0.3, -0.25) is 4.98 Å². The van der Waals surface area contributed by atoms with E-state index in [9.17, 15) is 4.39 Å². The molecule has 2 nitrogen and oxygen atoms in total. The van der Waals surface area contributed by atoms with Crippen LogP contribution in [0.5, 0.6) is 0 Å². The summed E-state index contributed by atoms with van der Waals surface area (Å²) in [7, 11) is 0. The van der Waals surface area contributed by atoms with Gasteiger partial charge in [0.15, 0.2) is 0 Å². The van der Waals surface area contributed by atoms with E-state index in [1.165, 1.54) is 6.07 Å². The van der Waals surface area contributed by atoms with Crippen LogP contribution in [0.4, 0.5) is 4.39 Å². The molecule has 17 heavy (non-hydrogen) atoms. The molecule has 0 saturated heterocycles. The van der Waals surface area contributed by atoms with Crippen molar-refractivity contribution in [1.29, 1.82) is 0 Å². The lowest BCUT2D eigenvalue weighted by molar-refractivity contribution is 0.564. The van der Waals surface area contributed by atoms with E-state index in [1.807, 2.05) is 31.3 Å². The average molecular weight is 230 g/mol. The van der Waals surface area contributed by atoms with Gasteiger partial charge in [0.05, 0.1) is 0 Å². The monoisotopic (exact) mass is 230 g/mol. The second-order valence-corrected chi connectivity index (χ2v) is 4.02. The molecule has 3 heteroatoms. The molecule has 0 radical (unpaired) electrons. The normalized spacial score (nSPS) is 12.4. The van der Waals surface area contributed by atoms with Gasteiger partial charge in [-0.05, 0) is 36.2 Å². The third-order valence-corrected chi connectivity index (χ3v) is 2.68. The second-order valence-electron chi connectivity index (χ2n) is 4.02. The summed E-state index contributed by atoms with van der Waals surface area (Å²) in [6, 6.07) is 10.7. The van der Waals surface area contributed by atoms with Crippen LogP contribution in [0.1, 0.15) is 24.1 Å². The zero-order chi connectivity index (χ0) is 12.1. The van der Waals surface area contributed by atoms with E-state index < -0.39 is 0 Å². The second kappa shape index (κ2) is 5.55. The molecule has 0 aliphatic rings. The average Bonchev–Trinajstić information content (AvgIpc) is 2.37. The Morgan fingerprint density at radius 1 is 1.29 bits per heavy atom. The summed E-state index contributed by atoms with van der Waals surface area (Å²) in [4.78, 5) is 4.05. The van der Waals surface area contributed by atoms with E-state index in [0.29, 0.717) is 0 Å². The Balaban J connectivity index is 1.96. The molecule has 2 rings (SSSR count). The number of nitrogens with one attached hydrogen (secondary N) is 1. The van der Waals surface area contributed by atoms with Crippen LogP contribution in [-0.2, 0) is 6.54 Å². The van der Waals surface area contributed by atoms with Gasteiger partial charge in [0.2, 0.25) is 0 Å². The van der Waals surface area contributed by atoms with Gasteiger partial charge in [-0.2, -0.15) is 0 Å². The van der Waals surface area contributed by atoms with Crippen molar-refractivity contribution in [3.8, 4) is 0 Å². The number of rotatable bonds is 4. The third-order valence-electron chi connectivity index (χ3n) is 2.68. The molecular weight excluding hydrogens is 215 g/mol. The number of hydrogen-bond donors (Lipinski definition) is 1. The summed E-state index contributed by atoms with van der Waals surface area (Å²) in [5.41, 5.74) is 2.07. The molecule has 0 aliphatic heterocycles. The van der Waals surface area contributed by atoms with Gasteiger partial charge in [-0.25, -0.2) is 4.39 Å². The lowest BCUT2D eigenvalue weighted by Crippen LogP contribution is -2.18. The van der Waals surface area contributed by atoms with Crippen molar-refractivity contribution in [3.05, 3.63) is 65.7 Å². The predicted octanol–water partition coefficient (Wildman–Crippen LogP) is 3.07. The Bertz CT molecular complexity index is 471. The molecule has 0 bridgehead atoms. The number of hydrogen-bond acceptors (Lipinski definition) is 2. The number of halogens is 1. The Labute approximate surface area is 101 Å². The van der Waals surface area contributed by atoms with Crippen molar-refractivity contribution < 1.29 is 4.39 Å². The summed E-state index contributed by atoms with van der Waals surface area (Å²) in [6.45, 7) is 2.75. The quantitative estimate of drug-likeness (QED) is 0.873. The van der Waals surface area contributed by atoms with Crippen LogP contribution >= 0.6 is 0 Å². The maximum absolute atomic E-state index is 13.1. The predicted molar refractivity (Wildman–Crippen MR) is 65.9 cm³/mol. The maximum Gasteiger partial charge on any atom is 0.123 e. The summed E-state index contributed by atoms with van der Waals surface area (Å²) < 4.78 is 13.1. The van der Waals surface area contributed by atoms with Crippen LogP contribution in [0.25, 0.3) is 0 Å². The van der Waals surface area contributed by atoms with Crippen molar-refractivity contribution in [2.24, 2.45) is 0 Å². The summed E-state index contributed by atoms with van der Waals surface area (Å²) in [5, 5.41) is 3.34. The van der Waals surface area contributed by atoms with Crippen molar-refractivity contribution >= 4 is 0 Å². The SMILES string of the molecule is C[C@H](NCc1cccnc1)c1cccc(F)c1. The first-order valence-corrected chi connectivity index (χ1v) is 5.63. The van der Waals surface area contributed by atoms with Gasteiger partial charge >= 0.3 is 0 Å². The van der Waals surface area contributed by atoms with Crippen LogP contribution in [0.3, 0.4) is 0 Å². The third kappa shape index (κ3) is 3.36. The highest BCUT2D eigenvalue weighted by molar-refractivity contribution is 5.20. The van der Waals surface area contributed by atoms with Gasteiger partial charge in [0.25, 0.3) is 0 Å². The topological polar surface area (TPSA) is 24.9 Å². The van der Waals surface area contributed by atoms with Crippen molar-refractivity contribution in [2.75, 3.05) is 0 Å². The molecule has 2 aromatic rings. The van der Waals surface area contributed by atoms with Crippen LogP contribution < -0.4 is 5.32 Å². The van der Waals surface area contributed by atoms with Crippen LogP contribution in [0.2, 0.25) is 0 Å². The maximum atomic E-state index is 13.1. The lowest BCUT2D eigenvalue weighted by atomic mass is 10.1. The minimum atomic E-state index is -0.197. The van der Waals surface area contributed by atoms with Crippen LogP contribution in [0.15, 0.2) is 48.8 Å². The fraction of sp³-hybridized carbons (Fsp3) is 0.214. The van der Waals surface area contributed by atoms with E-state index in [1.54, 1.807) is 18.3 Å². The first-order valence-electron chi connectivity index (χ1n) is 5.63. The molecule has 0 saturated carbocycles. The molecule has 0 unspecified atom stereocenters. The highest BCUT2D eigenvalue weighted by atomic mass is 19.1. The van der Waals surface area contributed by atoms with Gasteiger partial charge < -0.3 is 5.32 Å². The first-order chi connectivity index (χ1) is 8.25. The number of aromatic nitrogens is 1. The number of nitrogens with zero attached hydrogens (tertiary/aromatic N) is 1. The zero-order valence-corrected chi connectivity index (χ0v) is 9.73. The Morgan fingerprint density at radius 3 is 2.88 bits per heavy atom. The van der Waals surface area contributed by atoms with E-state index in [0.717, 1.165) is 17.7 Å². The molecule has 1 atom stereocenters. The smallest absolute Gasteiger partial charge is 0.123 e. The standard InChI is InChI=1S/C14H15FN2/c1-11(13-5-2-6-14(15)8-13)17-10-12-4-3-7-16-9-12/h2-9,11,17H,10H2,1H3/t11-/m0/s1. The summed E-state index contributed by atoms with van der Waals surface area (Å²) >= 11 is 0. The fourth-order valence-corrected chi connectivity index (χ4v) is 1.67. The highest BCUT2D eigenvalue weighted by Crippen LogP contribution is 2.13. The minimum Gasteiger partial charge on any atom is -0.306 e. The van der Waals surface area contributed by atoms with Gasteiger partial charge in [0, 0.05) is 25.0 Å². The molecule has 0 spiro atoms. The lowest BCUT2D eigenvalue weighted by Gasteiger charge is -2.14. The highest BCUT2D eigenvalue weighted by Gasteiger charge is 2.05. The van der Waals surface area contributed by atoms with E-state index in [4.69, 9.17) is 0 Å². The Kier molecular flexibility index (Phi) is 3.83. The number of pyridine rings is 1. The van der Waals surface area contributed by atoms with E-state index in [2.05, 4.69) is 10.3 Å².